The van der Waals surface area contributed by atoms with Gasteiger partial charge in [0.1, 0.15) is 6.61 Å². The number of aliphatic carboxylic acids is 1. The summed E-state index contributed by atoms with van der Waals surface area (Å²) < 4.78 is 8.67. The predicted molar refractivity (Wildman–Crippen MR) is 109 cm³/mol. The second-order valence-electron chi connectivity index (χ2n) is 7.09. The second-order valence-corrected chi connectivity index (χ2v) is 8.17. The lowest BCUT2D eigenvalue weighted by Gasteiger charge is -2.28. The van der Waals surface area contributed by atoms with Crippen molar-refractivity contribution >= 4 is 28.6 Å². The van der Waals surface area contributed by atoms with E-state index in [4.69, 9.17) is 14.9 Å². The van der Waals surface area contributed by atoms with E-state index in [9.17, 15) is 4.79 Å². The normalized spacial score (nSPS) is 20.2. The second kappa shape index (κ2) is 8.99. The summed E-state index contributed by atoms with van der Waals surface area (Å²) >= 11 is 2.40. The number of aryl methyl sites for hydroxylation is 1. The smallest absolute Gasteiger partial charge is 0.329 e. The molecule has 0 bridgehead atoms. The number of halogens is 1. The van der Waals surface area contributed by atoms with E-state index in [1.54, 1.807) is 0 Å². The van der Waals surface area contributed by atoms with Crippen molar-refractivity contribution in [2.24, 2.45) is 11.8 Å². The Labute approximate surface area is 167 Å². The molecule has 140 valence electrons. The van der Waals surface area contributed by atoms with Crippen molar-refractivity contribution in [3.05, 3.63) is 39.6 Å². The molecule has 1 aliphatic carbocycles. The average molecular weight is 468 g/mol. The van der Waals surface area contributed by atoms with Gasteiger partial charge in [0, 0.05) is 12.1 Å². The third-order valence-electron chi connectivity index (χ3n) is 5.08. The molecule has 1 heterocycles. The Kier molecular flexibility index (Phi) is 6.69. The average Bonchev–Trinajstić information content (AvgIpc) is 2.91. The van der Waals surface area contributed by atoms with E-state index in [0.717, 1.165) is 37.9 Å². The molecule has 1 aromatic heterocycles. The minimum atomic E-state index is -0.893. The van der Waals surface area contributed by atoms with Gasteiger partial charge in [-0.15, -0.1) is 0 Å². The molecule has 26 heavy (non-hydrogen) atoms. The lowest BCUT2D eigenvalue weighted by Crippen LogP contribution is -2.23. The summed E-state index contributed by atoms with van der Waals surface area (Å²) in [7, 11) is 0. The summed E-state index contributed by atoms with van der Waals surface area (Å²) in [4.78, 5) is 10.5. The molecule has 0 amide bonds. The molecule has 5 nitrogen and oxygen atoms in total. The molecule has 0 radical (unpaired) electrons. The van der Waals surface area contributed by atoms with Crippen molar-refractivity contribution in [2.75, 3.05) is 13.2 Å². The van der Waals surface area contributed by atoms with Gasteiger partial charge in [-0.1, -0.05) is 30.3 Å². The third-order valence-corrected chi connectivity index (χ3v) is 6.37. The van der Waals surface area contributed by atoms with Gasteiger partial charge in [0.25, 0.3) is 0 Å². The van der Waals surface area contributed by atoms with E-state index in [1.165, 1.54) is 14.8 Å². The number of carbonyl (C=O) groups is 1. The number of carboxylic acid groups (broad SMARTS) is 1. The van der Waals surface area contributed by atoms with Gasteiger partial charge in [-0.25, -0.2) is 4.79 Å². The fourth-order valence-corrected chi connectivity index (χ4v) is 4.40. The van der Waals surface area contributed by atoms with Crippen molar-refractivity contribution in [1.82, 2.24) is 9.78 Å². The molecule has 0 spiro atoms. The van der Waals surface area contributed by atoms with Crippen molar-refractivity contribution in [3.63, 3.8) is 0 Å². The first-order chi connectivity index (χ1) is 12.5. The minimum Gasteiger partial charge on any atom is -0.480 e. The fraction of sp³-hybridized carbons (Fsp3) is 0.500. The first-order valence-electron chi connectivity index (χ1n) is 9.12. The summed E-state index contributed by atoms with van der Waals surface area (Å²) in [6.45, 7) is 3.39. The van der Waals surface area contributed by atoms with Gasteiger partial charge in [0.15, 0.2) is 0 Å². The molecule has 1 aliphatic rings. The molecule has 0 unspecified atom stereocenters. The van der Waals surface area contributed by atoms with Crippen LogP contribution in [0.4, 0.5) is 0 Å². The van der Waals surface area contributed by atoms with Gasteiger partial charge in [0.05, 0.1) is 21.6 Å². The molecule has 1 aromatic carbocycles. The van der Waals surface area contributed by atoms with E-state index in [1.807, 2.05) is 6.07 Å². The zero-order valence-electron chi connectivity index (χ0n) is 15.0. The van der Waals surface area contributed by atoms with Gasteiger partial charge in [-0.2, -0.15) is 5.10 Å². The molecule has 6 heteroatoms. The molecule has 1 fully saturated rings. The zero-order chi connectivity index (χ0) is 18.5. The number of nitrogens with zero attached hydrogens (tertiary/aromatic N) is 2. The third kappa shape index (κ3) is 4.85. The van der Waals surface area contributed by atoms with Crippen LogP contribution in [0.25, 0.3) is 11.3 Å². The maximum Gasteiger partial charge on any atom is 0.329 e. The number of carboxylic acids is 1. The van der Waals surface area contributed by atoms with Crippen LogP contribution in [0.1, 0.15) is 31.4 Å². The van der Waals surface area contributed by atoms with E-state index < -0.39 is 5.97 Å². The molecule has 0 aliphatic heterocycles. The maximum atomic E-state index is 10.5. The number of hydrogen-bond donors (Lipinski definition) is 1. The first-order valence-corrected chi connectivity index (χ1v) is 10.2. The summed E-state index contributed by atoms with van der Waals surface area (Å²) in [5.74, 6) is 0.206. The number of ether oxygens (including phenoxy) is 1. The summed E-state index contributed by atoms with van der Waals surface area (Å²) in [5, 5.41) is 13.4. The summed E-state index contributed by atoms with van der Waals surface area (Å²) in [6.07, 6.45) is 4.49. The highest BCUT2D eigenvalue weighted by molar-refractivity contribution is 14.1. The summed E-state index contributed by atoms with van der Waals surface area (Å²) in [6, 6.07) is 10.5. The molecular weight excluding hydrogens is 443 g/mol. The van der Waals surface area contributed by atoms with Gasteiger partial charge in [0.2, 0.25) is 0 Å². The van der Waals surface area contributed by atoms with Crippen LogP contribution in [0.2, 0.25) is 0 Å². The van der Waals surface area contributed by atoms with Crippen molar-refractivity contribution < 1.29 is 14.6 Å². The van der Waals surface area contributed by atoms with Crippen LogP contribution in [0, 0.1) is 22.3 Å². The predicted octanol–water partition coefficient (Wildman–Crippen LogP) is 4.37. The van der Waals surface area contributed by atoms with Crippen LogP contribution >= 0.6 is 22.6 Å². The monoisotopic (exact) mass is 468 g/mol. The fourth-order valence-electron chi connectivity index (χ4n) is 3.70. The molecule has 2 aromatic rings. The van der Waals surface area contributed by atoms with Gasteiger partial charge in [-0.3, -0.25) is 4.68 Å². The minimum absolute atomic E-state index is 0.189. The van der Waals surface area contributed by atoms with Crippen LogP contribution in [0.15, 0.2) is 30.3 Å². The maximum absolute atomic E-state index is 10.5. The standard InChI is InChI=1S/C20H25IN2O3/c1-14-19(21)20(17-5-3-2-4-6-17)23(22-14)11-15-7-9-16(10-8-15)12-26-13-18(24)25/h2-6,15-16H,7-13H2,1H3,(H,24,25). The highest BCUT2D eigenvalue weighted by atomic mass is 127. The highest BCUT2D eigenvalue weighted by Crippen LogP contribution is 2.33. The molecular formula is C20H25IN2O3. The van der Waals surface area contributed by atoms with E-state index >= 15 is 0 Å². The zero-order valence-corrected chi connectivity index (χ0v) is 17.2. The van der Waals surface area contributed by atoms with Crippen LogP contribution in [0.5, 0.6) is 0 Å². The van der Waals surface area contributed by atoms with Crippen LogP contribution < -0.4 is 0 Å². The molecule has 0 saturated heterocycles. The molecule has 0 atom stereocenters. The van der Waals surface area contributed by atoms with Gasteiger partial charge >= 0.3 is 5.97 Å². The topological polar surface area (TPSA) is 64.4 Å². The van der Waals surface area contributed by atoms with Crippen LogP contribution in [0.3, 0.4) is 0 Å². The van der Waals surface area contributed by atoms with Crippen LogP contribution in [-0.2, 0) is 16.1 Å². The Morgan fingerprint density at radius 2 is 1.88 bits per heavy atom. The Morgan fingerprint density at radius 3 is 2.54 bits per heavy atom. The quantitative estimate of drug-likeness (QED) is 0.614. The van der Waals surface area contributed by atoms with Crippen LogP contribution in [-0.4, -0.2) is 34.1 Å². The molecule has 1 N–H and O–H groups in total. The Hall–Kier alpha value is -1.41. The van der Waals surface area contributed by atoms with E-state index in [0.29, 0.717) is 18.4 Å². The lowest BCUT2D eigenvalue weighted by molar-refractivity contribution is -0.142. The highest BCUT2D eigenvalue weighted by Gasteiger charge is 2.24. The number of benzene rings is 1. The number of rotatable bonds is 7. The number of hydrogen-bond acceptors (Lipinski definition) is 3. The Balaban J connectivity index is 1.61. The van der Waals surface area contributed by atoms with E-state index in [2.05, 4.69) is 58.5 Å². The van der Waals surface area contributed by atoms with Gasteiger partial charge in [-0.05, 0) is 67.0 Å². The van der Waals surface area contributed by atoms with Crippen molar-refractivity contribution in [3.8, 4) is 11.3 Å². The molecule has 1 saturated carbocycles. The number of aromatic nitrogens is 2. The SMILES string of the molecule is Cc1nn(CC2CCC(COCC(=O)O)CC2)c(-c2ccccc2)c1I. The Morgan fingerprint density at radius 1 is 1.23 bits per heavy atom. The van der Waals surface area contributed by atoms with Crippen molar-refractivity contribution in [1.29, 1.82) is 0 Å². The Bertz CT molecular complexity index is 737. The summed E-state index contributed by atoms with van der Waals surface area (Å²) in [5.41, 5.74) is 3.52. The largest absolute Gasteiger partial charge is 0.480 e. The first kappa shape index (κ1) is 19.4. The lowest BCUT2D eigenvalue weighted by atomic mass is 9.82. The molecule has 3 rings (SSSR count). The van der Waals surface area contributed by atoms with E-state index in [-0.39, 0.29) is 6.61 Å². The van der Waals surface area contributed by atoms with Gasteiger partial charge < -0.3 is 9.84 Å². The van der Waals surface area contributed by atoms with Crippen molar-refractivity contribution in [2.45, 2.75) is 39.2 Å².